The Bertz CT molecular complexity index is 353. The van der Waals surface area contributed by atoms with E-state index >= 15 is 0 Å². The summed E-state index contributed by atoms with van der Waals surface area (Å²) in [5.74, 6) is 1.11. The summed E-state index contributed by atoms with van der Waals surface area (Å²) >= 11 is 0. The summed E-state index contributed by atoms with van der Waals surface area (Å²) in [7, 11) is 0. The van der Waals surface area contributed by atoms with Crippen LogP contribution in [0.1, 0.15) is 45.0 Å². The molecule has 0 aliphatic rings. The van der Waals surface area contributed by atoms with Crippen LogP contribution >= 0.6 is 0 Å². The molecule has 0 radical (unpaired) electrons. The van der Waals surface area contributed by atoms with Crippen LogP contribution in [0.2, 0.25) is 0 Å². The normalized spacial score (nSPS) is 12.8. The third kappa shape index (κ3) is 4.69. The van der Waals surface area contributed by atoms with Crippen LogP contribution in [-0.4, -0.2) is 29.2 Å². The van der Waals surface area contributed by atoms with Gasteiger partial charge in [0.1, 0.15) is 0 Å². The second kappa shape index (κ2) is 6.55. The van der Waals surface area contributed by atoms with E-state index in [2.05, 4.69) is 29.1 Å². The molecule has 1 N–H and O–H groups in total. The van der Waals surface area contributed by atoms with Gasteiger partial charge >= 0.3 is 0 Å². The van der Waals surface area contributed by atoms with Gasteiger partial charge in [-0.3, -0.25) is 0 Å². The minimum atomic E-state index is 0.173. The minimum absolute atomic E-state index is 0.173. The zero-order chi connectivity index (χ0) is 12.8. The van der Waals surface area contributed by atoms with Crippen molar-refractivity contribution in [2.75, 3.05) is 18.5 Å². The van der Waals surface area contributed by atoms with Crippen molar-refractivity contribution in [3.63, 3.8) is 0 Å². The SMILES string of the molecule is CCOC(C)CNc1nc(C)cc(C(C)C)n1. The van der Waals surface area contributed by atoms with Gasteiger partial charge in [-0.05, 0) is 32.8 Å². The Morgan fingerprint density at radius 2 is 2.00 bits per heavy atom. The number of aromatic nitrogens is 2. The second-order valence-electron chi connectivity index (χ2n) is 4.56. The third-order valence-corrected chi connectivity index (χ3v) is 2.46. The van der Waals surface area contributed by atoms with Crippen LogP contribution < -0.4 is 5.32 Å². The average Bonchev–Trinajstić information content (AvgIpc) is 2.26. The highest BCUT2D eigenvalue weighted by molar-refractivity contribution is 5.29. The number of aryl methyl sites for hydroxylation is 1. The number of nitrogens with zero attached hydrogens (tertiary/aromatic N) is 2. The van der Waals surface area contributed by atoms with Crippen molar-refractivity contribution in [2.45, 2.75) is 46.6 Å². The zero-order valence-electron chi connectivity index (χ0n) is 11.4. The first kappa shape index (κ1) is 13.9. The molecule has 4 heteroatoms. The molecule has 96 valence electrons. The Labute approximate surface area is 104 Å². The van der Waals surface area contributed by atoms with Crippen molar-refractivity contribution < 1.29 is 4.74 Å². The molecule has 0 saturated heterocycles. The fourth-order valence-electron chi connectivity index (χ4n) is 1.55. The van der Waals surface area contributed by atoms with Crippen molar-refractivity contribution in [3.8, 4) is 0 Å². The van der Waals surface area contributed by atoms with Crippen molar-refractivity contribution in [3.05, 3.63) is 17.5 Å². The number of ether oxygens (including phenoxy) is 1. The lowest BCUT2D eigenvalue weighted by molar-refractivity contribution is 0.0854. The number of hydrogen-bond acceptors (Lipinski definition) is 4. The van der Waals surface area contributed by atoms with E-state index in [1.165, 1.54) is 0 Å². The standard InChI is InChI=1S/C13H23N3O/c1-6-17-11(5)8-14-13-15-10(4)7-12(16-13)9(2)3/h7,9,11H,6,8H2,1-5H3,(H,14,15,16). The molecule has 0 aromatic carbocycles. The Morgan fingerprint density at radius 1 is 1.29 bits per heavy atom. The highest BCUT2D eigenvalue weighted by atomic mass is 16.5. The van der Waals surface area contributed by atoms with Gasteiger partial charge in [0.25, 0.3) is 0 Å². The highest BCUT2D eigenvalue weighted by Gasteiger charge is 2.07. The lowest BCUT2D eigenvalue weighted by Crippen LogP contribution is -2.21. The summed E-state index contributed by atoms with van der Waals surface area (Å²) in [6, 6.07) is 2.03. The van der Waals surface area contributed by atoms with Crippen LogP contribution in [0.5, 0.6) is 0 Å². The molecule has 17 heavy (non-hydrogen) atoms. The van der Waals surface area contributed by atoms with Crippen LogP contribution in [0.15, 0.2) is 6.07 Å². The first-order valence-corrected chi connectivity index (χ1v) is 6.24. The van der Waals surface area contributed by atoms with Crippen LogP contribution in [0.25, 0.3) is 0 Å². The molecular formula is C13H23N3O. The maximum Gasteiger partial charge on any atom is 0.223 e. The van der Waals surface area contributed by atoms with Gasteiger partial charge in [-0.1, -0.05) is 13.8 Å². The van der Waals surface area contributed by atoms with Crippen molar-refractivity contribution in [2.24, 2.45) is 0 Å². The third-order valence-electron chi connectivity index (χ3n) is 2.46. The molecule has 4 nitrogen and oxygen atoms in total. The summed E-state index contributed by atoms with van der Waals surface area (Å²) in [6.07, 6.45) is 0.173. The quantitative estimate of drug-likeness (QED) is 0.826. The summed E-state index contributed by atoms with van der Waals surface area (Å²) in [5.41, 5.74) is 2.07. The minimum Gasteiger partial charge on any atom is -0.377 e. The van der Waals surface area contributed by atoms with Gasteiger partial charge < -0.3 is 10.1 Å². The van der Waals surface area contributed by atoms with E-state index in [9.17, 15) is 0 Å². The molecule has 0 saturated carbocycles. The molecular weight excluding hydrogens is 214 g/mol. The van der Waals surface area contributed by atoms with E-state index < -0.39 is 0 Å². The predicted octanol–water partition coefficient (Wildman–Crippen LogP) is 2.75. The first-order valence-electron chi connectivity index (χ1n) is 6.24. The van der Waals surface area contributed by atoms with Crippen LogP contribution in [0, 0.1) is 6.92 Å². The highest BCUT2D eigenvalue weighted by Crippen LogP contribution is 2.14. The van der Waals surface area contributed by atoms with Gasteiger partial charge in [0.05, 0.1) is 6.10 Å². The molecule has 1 aromatic rings. The smallest absolute Gasteiger partial charge is 0.223 e. The van der Waals surface area contributed by atoms with E-state index in [1.54, 1.807) is 0 Å². The predicted molar refractivity (Wildman–Crippen MR) is 70.4 cm³/mol. The average molecular weight is 237 g/mol. The molecule has 0 amide bonds. The topological polar surface area (TPSA) is 47.0 Å². The maximum absolute atomic E-state index is 5.45. The molecule has 1 aromatic heterocycles. The fraction of sp³-hybridized carbons (Fsp3) is 0.692. The Kier molecular flexibility index (Phi) is 5.35. The summed E-state index contributed by atoms with van der Waals surface area (Å²) in [6.45, 7) is 11.8. The van der Waals surface area contributed by atoms with E-state index in [1.807, 2.05) is 26.8 Å². The number of nitrogens with one attached hydrogen (secondary N) is 1. The van der Waals surface area contributed by atoms with Crippen molar-refractivity contribution in [1.82, 2.24) is 9.97 Å². The van der Waals surface area contributed by atoms with Gasteiger partial charge in [-0.2, -0.15) is 0 Å². The van der Waals surface area contributed by atoms with Gasteiger partial charge in [0.2, 0.25) is 5.95 Å². The Hall–Kier alpha value is -1.16. The molecule has 0 bridgehead atoms. The zero-order valence-corrected chi connectivity index (χ0v) is 11.4. The lowest BCUT2D eigenvalue weighted by atomic mass is 10.1. The van der Waals surface area contributed by atoms with Crippen molar-refractivity contribution >= 4 is 5.95 Å². The van der Waals surface area contributed by atoms with Crippen molar-refractivity contribution in [1.29, 1.82) is 0 Å². The van der Waals surface area contributed by atoms with Gasteiger partial charge in [-0.15, -0.1) is 0 Å². The van der Waals surface area contributed by atoms with Gasteiger partial charge in [-0.25, -0.2) is 9.97 Å². The maximum atomic E-state index is 5.45. The van der Waals surface area contributed by atoms with E-state index in [4.69, 9.17) is 4.74 Å². The van der Waals surface area contributed by atoms with Crippen LogP contribution in [0.4, 0.5) is 5.95 Å². The molecule has 1 unspecified atom stereocenters. The first-order chi connectivity index (χ1) is 8.02. The Balaban J connectivity index is 2.64. The Morgan fingerprint density at radius 3 is 2.59 bits per heavy atom. The monoisotopic (exact) mass is 237 g/mol. The fourth-order valence-corrected chi connectivity index (χ4v) is 1.55. The number of anilines is 1. The molecule has 0 aliphatic carbocycles. The molecule has 0 fully saturated rings. The molecule has 0 aliphatic heterocycles. The lowest BCUT2D eigenvalue weighted by Gasteiger charge is -2.14. The van der Waals surface area contributed by atoms with E-state index in [0.717, 1.165) is 24.5 Å². The summed E-state index contributed by atoms with van der Waals surface area (Å²) in [4.78, 5) is 8.86. The van der Waals surface area contributed by atoms with E-state index in [0.29, 0.717) is 11.9 Å². The van der Waals surface area contributed by atoms with Gasteiger partial charge in [0, 0.05) is 24.5 Å². The van der Waals surface area contributed by atoms with E-state index in [-0.39, 0.29) is 6.10 Å². The molecule has 1 atom stereocenters. The largest absolute Gasteiger partial charge is 0.377 e. The number of rotatable bonds is 6. The van der Waals surface area contributed by atoms with Gasteiger partial charge in [0.15, 0.2) is 0 Å². The molecule has 1 heterocycles. The second-order valence-corrected chi connectivity index (χ2v) is 4.56. The summed E-state index contributed by atoms with van der Waals surface area (Å²) < 4.78 is 5.45. The number of hydrogen-bond donors (Lipinski definition) is 1. The van der Waals surface area contributed by atoms with Crippen LogP contribution in [-0.2, 0) is 4.74 Å². The van der Waals surface area contributed by atoms with Crippen LogP contribution in [0.3, 0.4) is 0 Å². The molecule has 0 spiro atoms. The summed E-state index contributed by atoms with van der Waals surface area (Å²) in [5, 5.41) is 3.22. The molecule has 1 rings (SSSR count).